The molecule has 24 heavy (non-hydrogen) atoms. The summed E-state index contributed by atoms with van der Waals surface area (Å²) in [6.45, 7) is 16.3. The van der Waals surface area contributed by atoms with Crippen molar-refractivity contribution in [3.05, 3.63) is 24.3 Å². The molecule has 2 unspecified atom stereocenters. The summed E-state index contributed by atoms with van der Waals surface area (Å²) >= 11 is 0. The summed E-state index contributed by atoms with van der Waals surface area (Å²) in [4.78, 5) is 0. The Morgan fingerprint density at radius 3 is 2.42 bits per heavy atom. The van der Waals surface area contributed by atoms with Crippen LogP contribution in [0.1, 0.15) is 47.5 Å². The highest BCUT2D eigenvalue weighted by molar-refractivity contribution is 6.74. The first-order valence-corrected chi connectivity index (χ1v) is 12.6. The summed E-state index contributed by atoms with van der Waals surface area (Å²) in [5, 5.41) is 10.3. The Balaban J connectivity index is 2.31. The molecular weight excluding hydrogens is 312 g/mol. The van der Waals surface area contributed by atoms with Gasteiger partial charge in [-0.2, -0.15) is 0 Å². The lowest BCUT2D eigenvalue weighted by Crippen LogP contribution is -2.52. The molecule has 0 amide bonds. The Morgan fingerprint density at radius 2 is 1.88 bits per heavy atom. The van der Waals surface area contributed by atoms with Crippen LogP contribution in [-0.2, 0) is 4.43 Å². The maximum atomic E-state index is 10.1. The fourth-order valence-corrected chi connectivity index (χ4v) is 5.71. The second-order valence-electron chi connectivity index (χ2n) is 9.51. The topological polar surface area (TPSA) is 29.5 Å². The van der Waals surface area contributed by atoms with Crippen molar-refractivity contribution < 1.29 is 9.53 Å². The molecule has 0 aliphatic heterocycles. The first-order chi connectivity index (χ1) is 11.1. The zero-order valence-corrected chi connectivity index (χ0v) is 17.8. The summed E-state index contributed by atoms with van der Waals surface area (Å²) in [6.07, 6.45) is 11.9. The fourth-order valence-electron chi connectivity index (χ4n) is 4.34. The number of hydrogen-bond acceptors (Lipinski definition) is 2. The molecule has 0 aromatic heterocycles. The maximum Gasteiger partial charge on any atom is 0.192 e. The summed E-state index contributed by atoms with van der Waals surface area (Å²) in [7, 11) is -1.82. The second-order valence-corrected chi connectivity index (χ2v) is 14.3. The van der Waals surface area contributed by atoms with Crippen molar-refractivity contribution in [1.29, 1.82) is 0 Å². The van der Waals surface area contributed by atoms with E-state index in [4.69, 9.17) is 4.43 Å². The molecule has 0 spiro atoms. The molecule has 2 nitrogen and oxygen atoms in total. The largest absolute Gasteiger partial charge is 0.414 e. The first kappa shape index (κ1) is 19.9. The number of fused-ring (bicyclic) bond motifs is 1. The van der Waals surface area contributed by atoms with E-state index in [0.29, 0.717) is 29.6 Å². The molecule has 1 fully saturated rings. The SMILES string of the molecule is CC=CC1C[C@H](O[Si](C)(C)C(C)(C)C)[C@H]2[C@@H](C=CC(C)[C@@H]2CO)C1. The summed E-state index contributed by atoms with van der Waals surface area (Å²) < 4.78 is 6.93. The van der Waals surface area contributed by atoms with Gasteiger partial charge in [-0.1, -0.05) is 52.0 Å². The van der Waals surface area contributed by atoms with Crippen LogP contribution in [0.3, 0.4) is 0 Å². The number of rotatable bonds is 4. The molecule has 3 heteroatoms. The quantitative estimate of drug-likeness (QED) is 0.542. The molecular formula is C21H38O2Si. The summed E-state index contributed by atoms with van der Waals surface area (Å²) in [6, 6.07) is 0. The zero-order valence-electron chi connectivity index (χ0n) is 16.8. The number of hydrogen-bond donors (Lipinski definition) is 1. The predicted octanol–water partition coefficient (Wildman–Crippen LogP) is 5.41. The van der Waals surface area contributed by atoms with Gasteiger partial charge in [0.05, 0.1) is 0 Å². The molecule has 1 N–H and O–H groups in total. The van der Waals surface area contributed by atoms with Gasteiger partial charge in [0.2, 0.25) is 0 Å². The third-order valence-corrected chi connectivity index (χ3v) is 11.3. The Morgan fingerprint density at radius 1 is 1.21 bits per heavy atom. The number of aliphatic hydroxyl groups is 1. The van der Waals surface area contributed by atoms with Gasteiger partial charge < -0.3 is 9.53 Å². The van der Waals surface area contributed by atoms with Crippen molar-refractivity contribution in [2.75, 3.05) is 6.61 Å². The van der Waals surface area contributed by atoms with Crippen LogP contribution in [-0.4, -0.2) is 26.1 Å². The highest BCUT2D eigenvalue weighted by atomic mass is 28.4. The molecule has 0 saturated heterocycles. The van der Waals surface area contributed by atoms with E-state index in [-0.39, 0.29) is 17.7 Å². The van der Waals surface area contributed by atoms with Crippen LogP contribution >= 0.6 is 0 Å². The van der Waals surface area contributed by atoms with Crippen molar-refractivity contribution >= 4 is 8.32 Å². The Hall–Kier alpha value is -0.383. The van der Waals surface area contributed by atoms with Gasteiger partial charge >= 0.3 is 0 Å². The average Bonchev–Trinajstić information content (AvgIpc) is 2.46. The monoisotopic (exact) mass is 350 g/mol. The lowest BCUT2D eigenvalue weighted by atomic mass is 9.62. The van der Waals surface area contributed by atoms with Gasteiger partial charge in [0.25, 0.3) is 0 Å². The molecule has 0 radical (unpaired) electrons. The molecule has 0 aromatic rings. The van der Waals surface area contributed by atoms with E-state index in [1.54, 1.807) is 0 Å². The van der Waals surface area contributed by atoms with Crippen LogP contribution in [0.25, 0.3) is 0 Å². The van der Waals surface area contributed by atoms with Crippen LogP contribution in [0.4, 0.5) is 0 Å². The van der Waals surface area contributed by atoms with Gasteiger partial charge in [-0.25, -0.2) is 0 Å². The lowest BCUT2D eigenvalue weighted by Gasteiger charge is -2.51. The molecule has 6 atom stereocenters. The Bertz CT molecular complexity index is 475. The summed E-state index contributed by atoms with van der Waals surface area (Å²) in [5.74, 6) is 2.39. The minimum atomic E-state index is -1.82. The van der Waals surface area contributed by atoms with Crippen molar-refractivity contribution in [3.63, 3.8) is 0 Å². The molecule has 0 heterocycles. The van der Waals surface area contributed by atoms with Crippen LogP contribution in [0.2, 0.25) is 18.1 Å². The highest BCUT2D eigenvalue weighted by Gasteiger charge is 2.48. The van der Waals surface area contributed by atoms with Gasteiger partial charge in [-0.05, 0) is 67.5 Å². The molecule has 138 valence electrons. The van der Waals surface area contributed by atoms with E-state index in [2.05, 4.69) is 72.0 Å². The molecule has 2 rings (SSSR count). The fraction of sp³-hybridized carbons (Fsp3) is 0.810. The normalized spacial score (nSPS) is 37.7. The third-order valence-electron chi connectivity index (χ3n) is 6.79. The average molecular weight is 351 g/mol. The minimum absolute atomic E-state index is 0.223. The molecule has 0 aromatic carbocycles. The highest BCUT2D eigenvalue weighted by Crippen LogP contribution is 2.48. The van der Waals surface area contributed by atoms with Gasteiger partial charge in [0.1, 0.15) is 0 Å². The standard InChI is InChI=1S/C21H38O2Si/c1-8-9-16-12-17-11-10-15(2)18(14-22)20(17)19(13-16)23-24(6,7)21(3,4)5/h8-11,15-20,22H,12-14H2,1-7H3/t15?,16?,17-,18-,19-,20-/m0/s1. The van der Waals surface area contributed by atoms with Crippen molar-refractivity contribution in [2.24, 2.45) is 29.6 Å². The molecule has 0 bridgehead atoms. The number of allylic oxidation sites excluding steroid dienone is 4. The molecule has 2 aliphatic rings. The maximum absolute atomic E-state index is 10.1. The van der Waals surface area contributed by atoms with E-state index in [1.165, 1.54) is 6.42 Å². The van der Waals surface area contributed by atoms with E-state index in [9.17, 15) is 5.11 Å². The minimum Gasteiger partial charge on any atom is -0.414 e. The van der Waals surface area contributed by atoms with E-state index < -0.39 is 8.32 Å². The van der Waals surface area contributed by atoms with E-state index >= 15 is 0 Å². The lowest BCUT2D eigenvalue weighted by molar-refractivity contribution is -0.0249. The smallest absolute Gasteiger partial charge is 0.192 e. The number of aliphatic hydroxyl groups excluding tert-OH is 1. The van der Waals surface area contributed by atoms with Crippen LogP contribution in [0.5, 0.6) is 0 Å². The van der Waals surface area contributed by atoms with Crippen molar-refractivity contribution in [1.82, 2.24) is 0 Å². The van der Waals surface area contributed by atoms with Crippen LogP contribution in [0.15, 0.2) is 24.3 Å². The second kappa shape index (κ2) is 7.47. The van der Waals surface area contributed by atoms with Gasteiger partial charge in [-0.15, -0.1) is 0 Å². The van der Waals surface area contributed by atoms with E-state index in [0.717, 1.165) is 6.42 Å². The van der Waals surface area contributed by atoms with Crippen LogP contribution in [0, 0.1) is 29.6 Å². The first-order valence-electron chi connectivity index (χ1n) is 9.70. The molecule has 1 saturated carbocycles. The van der Waals surface area contributed by atoms with Crippen molar-refractivity contribution in [2.45, 2.75) is 71.7 Å². The molecule has 2 aliphatic carbocycles. The van der Waals surface area contributed by atoms with Crippen LogP contribution < -0.4 is 0 Å². The van der Waals surface area contributed by atoms with Gasteiger partial charge in [0.15, 0.2) is 8.32 Å². The van der Waals surface area contributed by atoms with Gasteiger partial charge in [0, 0.05) is 12.7 Å². The van der Waals surface area contributed by atoms with Gasteiger partial charge in [-0.3, -0.25) is 0 Å². The zero-order chi connectivity index (χ0) is 18.1. The third kappa shape index (κ3) is 4.05. The summed E-state index contributed by atoms with van der Waals surface area (Å²) in [5.41, 5.74) is 0. The predicted molar refractivity (Wildman–Crippen MR) is 105 cm³/mol. The van der Waals surface area contributed by atoms with E-state index in [1.807, 2.05) is 0 Å². The van der Waals surface area contributed by atoms with Crippen molar-refractivity contribution in [3.8, 4) is 0 Å². The Labute approximate surface area is 150 Å². The Kier molecular flexibility index (Phi) is 6.20.